The van der Waals surface area contributed by atoms with Gasteiger partial charge >= 0.3 is 0 Å². The van der Waals surface area contributed by atoms with E-state index < -0.39 is 0 Å². The summed E-state index contributed by atoms with van der Waals surface area (Å²) in [5, 5.41) is 10.1. The maximum atomic E-state index is 2.40. The number of hydrogen-bond donors (Lipinski definition) is 0. The number of hydrogen-bond acceptors (Lipinski definition) is 1. The normalized spacial score (nSPS) is 11.4. The van der Waals surface area contributed by atoms with Crippen molar-refractivity contribution in [2.24, 2.45) is 0 Å². The van der Waals surface area contributed by atoms with E-state index in [0.717, 1.165) is 11.4 Å². The van der Waals surface area contributed by atoms with Gasteiger partial charge in [0.25, 0.3) is 0 Å². The Bertz CT molecular complexity index is 2190. The Morgan fingerprint density at radius 2 is 0.878 bits per heavy atom. The first-order valence-corrected chi connectivity index (χ1v) is 14.1. The Morgan fingerprint density at radius 1 is 0.317 bits per heavy atom. The molecule has 8 aromatic rings. The Hall–Kier alpha value is -5.40. The molecule has 0 fully saturated rings. The van der Waals surface area contributed by atoms with Gasteiger partial charge in [0.2, 0.25) is 0 Å². The van der Waals surface area contributed by atoms with Crippen molar-refractivity contribution >= 4 is 60.2 Å². The molecule has 0 spiro atoms. The molecular formula is C40H27N. The van der Waals surface area contributed by atoms with Crippen LogP contribution in [0.15, 0.2) is 164 Å². The highest BCUT2D eigenvalue weighted by Crippen LogP contribution is 2.43. The van der Waals surface area contributed by atoms with Gasteiger partial charge in [-0.1, -0.05) is 133 Å². The highest BCUT2D eigenvalue weighted by molar-refractivity contribution is 6.21. The molecule has 0 saturated heterocycles. The van der Waals surface area contributed by atoms with Gasteiger partial charge in [0.15, 0.2) is 0 Å². The summed E-state index contributed by atoms with van der Waals surface area (Å²) in [6.07, 6.45) is 0. The molecule has 41 heavy (non-hydrogen) atoms. The molecule has 1 nitrogen and oxygen atoms in total. The van der Waals surface area contributed by atoms with Crippen LogP contribution in [0.2, 0.25) is 0 Å². The predicted octanol–water partition coefficient (Wildman–Crippen LogP) is 11.4. The van der Waals surface area contributed by atoms with Crippen molar-refractivity contribution in [3.05, 3.63) is 164 Å². The molecule has 8 rings (SSSR count). The van der Waals surface area contributed by atoms with Crippen molar-refractivity contribution in [3.8, 4) is 11.1 Å². The van der Waals surface area contributed by atoms with Crippen molar-refractivity contribution in [2.45, 2.75) is 0 Å². The molecule has 0 unspecified atom stereocenters. The van der Waals surface area contributed by atoms with Crippen LogP contribution in [0.4, 0.5) is 17.1 Å². The van der Waals surface area contributed by atoms with Gasteiger partial charge in [0.05, 0.1) is 5.69 Å². The van der Waals surface area contributed by atoms with Gasteiger partial charge < -0.3 is 4.90 Å². The van der Waals surface area contributed by atoms with E-state index in [9.17, 15) is 0 Å². The molecule has 0 aromatic heterocycles. The second-order valence-electron chi connectivity index (χ2n) is 10.6. The molecule has 8 aromatic carbocycles. The molecule has 192 valence electrons. The number of fused-ring (bicyclic) bond motifs is 6. The van der Waals surface area contributed by atoms with Crippen LogP contribution in [-0.4, -0.2) is 0 Å². The first-order valence-electron chi connectivity index (χ1n) is 14.1. The summed E-state index contributed by atoms with van der Waals surface area (Å²) in [5.41, 5.74) is 5.91. The molecule has 0 heterocycles. The topological polar surface area (TPSA) is 3.24 Å². The summed E-state index contributed by atoms with van der Waals surface area (Å²) in [7, 11) is 0. The molecule has 0 aliphatic carbocycles. The van der Waals surface area contributed by atoms with Crippen LogP contribution >= 0.6 is 0 Å². The van der Waals surface area contributed by atoms with E-state index >= 15 is 0 Å². The molecule has 0 bridgehead atoms. The summed E-state index contributed by atoms with van der Waals surface area (Å²) in [4.78, 5) is 2.40. The van der Waals surface area contributed by atoms with Gasteiger partial charge in [-0.25, -0.2) is 0 Å². The number of nitrogens with zero attached hydrogens (tertiary/aromatic N) is 1. The van der Waals surface area contributed by atoms with Crippen LogP contribution in [0, 0.1) is 0 Å². The highest BCUT2D eigenvalue weighted by atomic mass is 15.1. The molecule has 1 heteroatoms. The zero-order valence-electron chi connectivity index (χ0n) is 22.5. The number of anilines is 3. The third kappa shape index (κ3) is 3.94. The Balaban J connectivity index is 1.37. The minimum Gasteiger partial charge on any atom is -0.310 e. The van der Waals surface area contributed by atoms with Crippen LogP contribution in [0.3, 0.4) is 0 Å². The lowest BCUT2D eigenvalue weighted by Gasteiger charge is -2.28. The summed E-state index contributed by atoms with van der Waals surface area (Å²) in [6.45, 7) is 0. The summed E-state index contributed by atoms with van der Waals surface area (Å²) in [5.74, 6) is 0. The molecule has 0 amide bonds. The van der Waals surface area contributed by atoms with Crippen molar-refractivity contribution < 1.29 is 0 Å². The number of para-hydroxylation sites is 1. The lowest BCUT2D eigenvalue weighted by atomic mass is 9.95. The van der Waals surface area contributed by atoms with E-state index in [-0.39, 0.29) is 0 Å². The van der Waals surface area contributed by atoms with Crippen LogP contribution in [0.5, 0.6) is 0 Å². The van der Waals surface area contributed by atoms with Gasteiger partial charge in [0.1, 0.15) is 0 Å². The van der Waals surface area contributed by atoms with Crippen LogP contribution in [0.1, 0.15) is 0 Å². The number of rotatable bonds is 4. The molecule has 0 atom stereocenters. The summed E-state index contributed by atoms with van der Waals surface area (Å²) >= 11 is 0. The minimum atomic E-state index is 1.13. The van der Waals surface area contributed by atoms with Crippen molar-refractivity contribution in [2.75, 3.05) is 4.90 Å². The lowest BCUT2D eigenvalue weighted by molar-refractivity contribution is 1.30. The Morgan fingerprint density at radius 3 is 1.66 bits per heavy atom. The van der Waals surface area contributed by atoms with Crippen molar-refractivity contribution in [3.63, 3.8) is 0 Å². The Labute approximate surface area is 239 Å². The molecule has 0 radical (unpaired) electrons. The Kier molecular flexibility index (Phi) is 5.53. The minimum absolute atomic E-state index is 1.13. The molecular weight excluding hydrogens is 494 g/mol. The second-order valence-corrected chi connectivity index (χ2v) is 10.6. The van der Waals surface area contributed by atoms with Crippen LogP contribution in [-0.2, 0) is 0 Å². The maximum Gasteiger partial charge on any atom is 0.0546 e. The van der Waals surface area contributed by atoms with Crippen molar-refractivity contribution in [1.82, 2.24) is 0 Å². The fraction of sp³-hybridized carbons (Fsp3) is 0. The molecule has 0 aliphatic rings. The average Bonchev–Trinajstić information content (AvgIpc) is 3.05. The third-order valence-electron chi connectivity index (χ3n) is 8.23. The van der Waals surface area contributed by atoms with E-state index in [4.69, 9.17) is 0 Å². The summed E-state index contributed by atoms with van der Waals surface area (Å²) < 4.78 is 0. The zero-order chi connectivity index (χ0) is 27.2. The number of benzene rings is 8. The van der Waals surface area contributed by atoms with Gasteiger partial charge in [-0.05, 0) is 79.2 Å². The second kappa shape index (κ2) is 9.66. The monoisotopic (exact) mass is 521 g/mol. The predicted molar refractivity (Wildman–Crippen MR) is 177 cm³/mol. The highest BCUT2D eigenvalue weighted by Gasteiger charge is 2.18. The zero-order valence-corrected chi connectivity index (χ0v) is 22.5. The first kappa shape index (κ1) is 23.5. The molecule has 0 saturated carbocycles. The van der Waals surface area contributed by atoms with E-state index in [1.165, 1.54) is 59.9 Å². The SMILES string of the molecule is c1ccc(N(c2ccc(-c3cccc4ccccc34)cc2)c2cc3c4ccccc4ccc3c3ccccc23)cc1. The molecule has 0 N–H and O–H groups in total. The van der Waals surface area contributed by atoms with E-state index in [2.05, 4.69) is 169 Å². The van der Waals surface area contributed by atoms with Gasteiger partial charge in [-0.15, -0.1) is 0 Å². The summed E-state index contributed by atoms with van der Waals surface area (Å²) in [6, 6.07) is 59.3. The van der Waals surface area contributed by atoms with Crippen molar-refractivity contribution in [1.29, 1.82) is 0 Å². The average molecular weight is 522 g/mol. The fourth-order valence-corrected chi connectivity index (χ4v) is 6.30. The van der Waals surface area contributed by atoms with Gasteiger partial charge in [-0.2, -0.15) is 0 Å². The largest absolute Gasteiger partial charge is 0.310 e. The standard InChI is InChI=1S/C40H27N/c1-2-14-31(15-3-1)41(32-24-21-30(22-25-32)34-20-10-13-28-11-4-6-16-33(28)34)40-27-39-35-17-7-5-12-29(35)23-26-37(39)36-18-8-9-19-38(36)40/h1-27H. The van der Waals surface area contributed by atoms with Gasteiger partial charge in [-0.3, -0.25) is 0 Å². The van der Waals surface area contributed by atoms with E-state index in [0.29, 0.717) is 0 Å². The third-order valence-corrected chi connectivity index (χ3v) is 8.23. The lowest BCUT2D eigenvalue weighted by Crippen LogP contribution is -2.10. The maximum absolute atomic E-state index is 2.40. The van der Waals surface area contributed by atoms with E-state index in [1.807, 2.05) is 0 Å². The van der Waals surface area contributed by atoms with Gasteiger partial charge in [0, 0.05) is 16.8 Å². The quantitative estimate of drug-likeness (QED) is 0.208. The first-order chi connectivity index (χ1) is 20.3. The smallest absolute Gasteiger partial charge is 0.0546 e. The van der Waals surface area contributed by atoms with Crippen LogP contribution < -0.4 is 4.90 Å². The fourth-order valence-electron chi connectivity index (χ4n) is 6.30. The van der Waals surface area contributed by atoms with Crippen LogP contribution in [0.25, 0.3) is 54.2 Å². The van der Waals surface area contributed by atoms with E-state index in [1.54, 1.807) is 0 Å². The molecule has 0 aliphatic heterocycles.